The van der Waals surface area contributed by atoms with Gasteiger partial charge in [-0.25, -0.2) is 0 Å². The maximum atomic E-state index is 12.5. The van der Waals surface area contributed by atoms with Gasteiger partial charge in [0.15, 0.2) is 0 Å². The van der Waals surface area contributed by atoms with Gasteiger partial charge in [0.25, 0.3) is 0 Å². The molecule has 2 rings (SSSR count). The van der Waals surface area contributed by atoms with Crippen LogP contribution in [0.1, 0.15) is 19.4 Å². The van der Waals surface area contributed by atoms with Crippen LogP contribution < -0.4 is 15.4 Å². The van der Waals surface area contributed by atoms with Crippen LogP contribution >= 0.6 is 11.6 Å². The molecule has 0 atom stereocenters. The number of methoxy groups -OCH3 is 1. The van der Waals surface area contributed by atoms with Crippen LogP contribution in [0.2, 0.25) is 5.02 Å². The third-order valence-corrected chi connectivity index (χ3v) is 4.11. The zero-order valence-electron chi connectivity index (χ0n) is 14.6. The van der Waals surface area contributed by atoms with E-state index in [-0.39, 0.29) is 0 Å². The number of carbonyl (C=O) groups excluding carboxylic acids is 2. The number of nitrogens with one attached hydrogen (secondary N) is 2. The van der Waals surface area contributed by atoms with Crippen LogP contribution in [-0.4, -0.2) is 18.9 Å². The second kappa shape index (κ2) is 7.89. The fraction of sp³-hybridized carbons (Fsp3) is 0.211. The van der Waals surface area contributed by atoms with E-state index >= 15 is 0 Å². The molecular formula is C19H18ClN3O3. The number of rotatable bonds is 5. The number of hydrogen-bond donors (Lipinski definition) is 2. The summed E-state index contributed by atoms with van der Waals surface area (Å²) >= 11 is 6.04. The Hall–Kier alpha value is -3.04. The van der Waals surface area contributed by atoms with Gasteiger partial charge in [0, 0.05) is 11.4 Å². The normalized spacial score (nSPS) is 10.6. The topological polar surface area (TPSA) is 91.2 Å². The van der Waals surface area contributed by atoms with Crippen LogP contribution in [-0.2, 0) is 9.59 Å². The number of halogens is 1. The van der Waals surface area contributed by atoms with Crippen LogP contribution in [0, 0.1) is 16.7 Å². The Bertz CT molecular complexity index is 871. The first-order valence-electron chi connectivity index (χ1n) is 7.74. The van der Waals surface area contributed by atoms with Crippen molar-refractivity contribution in [2.24, 2.45) is 5.41 Å². The highest BCUT2D eigenvalue weighted by Crippen LogP contribution is 2.28. The van der Waals surface area contributed by atoms with Gasteiger partial charge in [0.05, 0.1) is 23.8 Å². The minimum atomic E-state index is -1.33. The van der Waals surface area contributed by atoms with Crippen molar-refractivity contribution in [1.82, 2.24) is 0 Å². The van der Waals surface area contributed by atoms with Gasteiger partial charge < -0.3 is 15.4 Å². The minimum absolute atomic E-state index is 0.352. The Morgan fingerprint density at radius 1 is 1.04 bits per heavy atom. The molecule has 2 N–H and O–H groups in total. The first-order valence-corrected chi connectivity index (χ1v) is 8.12. The monoisotopic (exact) mass is 371 g/mol. The molecule has 26 heavy (non-hydrogen) atoms. The Balaban J connectivity index is 2.09. The number of ether oxygens (including phenoxy) is 1. The average Bonchev–Trinajstić information content (AvgIpc) is 2.62. The first kappa shape index (κ1) is 19.3. The second-order valence-corrected chi connectivity index (χ2v) is 6.48. The minimum Gasteiger partial charge on any atom is -0.495 e. The van der Waals surface area contributed by atoms with Crippen molar-refractivity contribution in [3.8, 4) is 11.8 Å². The quantitative estimate of drug-likeness (QED) is 0.781. The van der Waals surface area contributed by atoms with Crippen molar-refractivity contribution < 1.29 is 14.3 Å². The summed E-state index contributed by atoms with van der Waals surface area (Å²) in [7, 11) is 1.50. The SMILES string of the molecule is COc1ccc(NC(=O)C(C)(C)C(=O)Nc2ccc(C#N)cc2)cc1Cl. The summed E-state index contributed by atoms with van der Waals surface area (Å²) in [6, 6.07) is 13.2. The molecule has 0 aliphatic heterocycles. The molecular weight excluding hydrogens is 354 g/mol. The van der Waals surface area contributed by atoms with Crippen molar-refractivity contribution in [2.45, 2.75) is 13.8 Å². The molecule has 0 aromatic heterocycles. The van der Waals surface area contributed by atoms with Crippen LogP contribution in [0.25, 0.3) is 0 Å². The smallest absolute Gasteiger partial charge is 0.239 e. The molecule has 0 fully saturated rings. The molecule has 0 saturated heterocycles. The number of hydrogen-bond acceptors (Lipinski definition) is 4. The molecule has 6 nitrogen and oxygen atoms in total. The van der Waals surface area contributed by atoms with E-state index in [9.17, 15) is 9.59 Å². The summed E-state index contributed by atoms with van der Waals surface area (Å²) in [5.74, 6) is -0.466. The van der Waals surface area contributed by atoms with E-state index in [4.69, 9.17) is 21.6 Å². The fourth-order valence-electron chi connectivity index (χ4n) is 2.05. The highest BCUT2D eigenvalue weighted by atomic mass is 35.5. The molecule has 2 aromatic rings. The Morgan fingerprint density at radius 3 is 2.08 bits per heavy atom. The molecule has 2 aromatic carbocycles. The van der Waals surface area contributed by atoms with Gasteiger partial charge >= 0.3 is 0 Å². The summed E-state index contributed by atoms with van der Waals surface area (Å²) in [5, 5.41) is 14.5. The average molecular weight is 372 g/mol. The summed E-state index contributed by atoms with van der Waals surface area (Å²) in [6.07, 6.45) is 0. The maximum absolute atomic E-state index is 12.5. The van der Waals surface area contributed by atoms with Crippen LogP contribution in [0.4, 0.5) is 11.4 Å². The molecule has 134 valence electrons. The van der Waals surface area contributed by atoms with Crippen LogP contribution in [0.3, 0.4) is 0 Å². The second-order valence-electron chi connectivity index (χ2n) is 6.07. The van der Waals surface area contributed by atoms with Gasteiger partial charge in [-0.3, -0.25) is 9.59 Å². The van der Waals surface area contributed by atoms with Crippen molar-refractivity contribution in [3.63, 3.8) is 0 Å². The van der Waals surface area contributed by atoms with Gasteiger partial charge in [0.2, 0.25) is 11.8 Å². The van der Waals surface area contributed by atoms with E-state index in [0.29, 0.717) is 27.7 Å². The number of nitriles is 1. The van der Waals surface area contributed by atoms with Crippen LogP contribution in [0.15, 0.2) is 42.5 Å². The van der Waals surface area contributed by atoms with Crippen molar-refractivity contribution in [3.05, 3.63) is 53.1 Å². The van der Waals surface area contributed by atoms with Gasteiger partial charge in [-0.2, -0.15) is 5.26 Å². The van der Waals surface area contributed by atoms with E-state index in [1.807, 2.05) is 6.07 Å². The standard InChI is InChI=1S/C19H18ClN3O3/c1-19(2,17(24)22-13-6-4-12(11-21)5-7-13)18(25)23-14-8-9-16(26-3)15(20)10-14/h4-10H,1-3H3,(H,22,24)(H,23,25). The molecule has 0 aliphatic rings. The summed E-state index contributed by atoms with van der Waals surface area (Å²) < 4.78 is 5.06. The van der Waals surface area contributed by atoms with Gasteiger partial charge in [-0.05, 0) is 56.3 Å². The molecule has 2 amide bonds. The molecule has 7 heteroatoms. The van der Waals surface area contributed by atoms with E-state index in [1.165, 1.54) is 21.0 Å². The number of benzene rings is 2. The molecule has 0 saturated carbocycles. The highest BCUT2D eigenvalue weighted by molar-refractivity contribution is 6.32. The molecule has 0 radical (unpaired) electrons. The van der Waals surface area contributed by atoms with E-state index in [0.717, 1.165) is 0 Å². The third kappa shape index (κ3) is 4.32. The summed E-state index contributed by atoms with van der Waals surface area (Å²) in [4.78, 5) is 25.0. The molecule has 0 bridgehead atoms. The molecule has 0 heterocycles. The number of carbonyl (C=O) groups is 2. The predicted octanol–water partition coefficient (Wildman–Crippen LogP) is 3.82. The van der Waals surface area contributed by atoms with Crippen LogP contribution in [0.5, 0.6) is 5.75 Å². The van der Waals surface area contributed by atoms with Gasteiger partial charge in [0.1, 0.15) is 11.2 Å². The molecule has 0 spiro atoms. The molecule has 0 aliphatic carbocycles. The largest absolute Gasteiger partial charge is 0.495 e. The number of amides is 2. The van der Waals surface area contributed by atoms with Gasteiger partial charge in [-0.15, -0.1) is 0 Å². The van der Waals surface area contributed by atoms with E-state index in [2.05, 4.69) is 10.6 Å². The Morgan fingerprint density at radius 2 is 1.58 bits per heavy atom. The third-order valence-electron chi connectivity index (χ3n) is 3.82. The zero-order valence-corrected chi connectivity index (χ0v) is 15.3. The lowest BCUT2D eigenvalue weighted by Crippen LogP contribution is -2.41. The van der Waals surface area contributed by atoms with Crippen molar-refractivity contribution in [1.29, 1.82) is 5.26 Å². The van der Waals surface area contributed by atoms with E-state index < -0.39 is 17.2 Å². The fourth-order valence-corrected chi connectivity index (χ4v) is 2.31. The lowest BCUT2D eigenvalue weighted by molar-refractivity contribution is -0.135. The van der Waals surface area contributed by atoms with Gasteiger partial charge in [-0.1, -0.05) is 11.6 Å². The van der Waals surface area contributed by atoms with E-state index in [1.54, 1.807) is 42.5 Å². The maximum Gasteiger partial charge on any atom is 0.239 e. The summed E-state index contributed by atoms with van der Waals surface area (Å²) in [5.41, 5.74) is 0.110. The number of nitrogens with zero attached hydrogens (tertiary/aromatic N) is 1. The molecule has 0 unspecified atom stereocenters. The highest BCUT2D eigenvalue weighted by Gasteiger charge is 2.36. The lowest BCUT2D eigenvalue weighted by Gasteiger charge is -2.23. The first-order chi connectivity index (χ1) is 12.3. The zero-order chi connectivity index (χ0) is 19.3. The predicted molar refractivity (Wildman–Crippen MR) is 100 cm³/mol. The number of anilines is 2. The lowest BCUT2D eigenvalue weighted by atomic mass is 9.90. The van der Waals surface area contributed by atoms with Crippen molar-refractivity contribution >= 4 is 34.8 Å². The Labute approximate surface area is 156 Å². The van der Waals surface area contributed by atoms with Crippen molar-refractivity contribution in [2.75, 3.05) is 17.7 Å². The Kier molecular flexibility index (Phi) is 5.86. The summed E-state index contributed by atoms with van der Waals surface area (Å²) in [6.45, 7) is 3.04.